The molecule has 0 saturated heterocycles. The van der Waals surface area contributed by atoms with Crippen LogP contribution >= 0.6 is 0 Å². The zero-order valence-corrected chi connectivity index (χ0v) is 15.4. The van der Waals surface area contributed by atoms with E-state index in [1.165, 1.54) is 11.1 Å². The zero-order chi connectivity index (χ0) is 14.9. The first-order valence-corrected chi connectivity index (χ1v) is 8.04. The van der Waals surface area contributed by atoms with Crippen molar-refractivity contribution in [3.63, 3.8) is 0 Å². The van der Waals surface area contributed by atoms with E-state index < -0.39 is 16.2 Å². The van der Waals surface area contributed by atoms with Crippen LogP contribution in [-0.4, -0.2) is 31.7 Å². The van der Waals surface area contributed by atoms with Gasteiger partial charge in [0, 0.05) is 5.97 Å². The number of carbonyl (C=O) groups excluding carboxylic acids is 1. The molecule has 0 N–H and O–H groups in total. The smallest absolute Gasteiger partial charge is 0.112 e. The van der Waals surface area contributed by atoms with Crippen molar-refractivity contribution in [2.24, 2.45) is 0 Å². The predicted octanol–water partition coefficient (Wildman–Crippen LogP) is -4.90. The van der Waals surface area contributed by atoms with E-state index in [4.69, 9.17) is 28.5 Å². The number of benzene rings is 1. The monoisotopic (exact) mass is 468 g/mol. The summed E-state index contributed by atoms with van der Waals surface area (Å²) in [5.41, 5.74) is 2.91. The molecule has 0 heterocycles. The van der Waals surface area contributed by atoms with Gasteiger partial charge in [-0.15, -0.1) is 10.2 Å². The van der Waals surface area contributed by atoms with Crippen LogP contribution in [0.15, 0.2) is 18.2 Å². The minimum atomic E-state index is -4.94. The molecule has 8 heteroatoms. The predicted molar refractivity (Wildman–Crippen MR) is 52.0 cm³/mol. The van der Waals surface area contributed by atoms with Crippen LogP contribution in [0.4, 0.5) is 0 Å². The summed E-state index contributed by atoms with van der Waals surface area (Å²) in [6, 6.07) is 6.52. The molecule has 0 atom stereocenters. The molecule has 0 aliphatic heterocycles. The molecule has 0 spiro atoms. The molecule has 0 aliphatic carbocycles. The van der Waals surface area contributed by atoms with Gasteiger partial charge in [-0.25, -0.2) is 18.6 Å². The molecule has 0 amide bonds. The minimum absolute atomic E-state index is 0.972. The molecule has 0 fully saturated rings. The summed E-state index contributed by atoms with van der Waals surface area (Å²) < 4.78 is 35.5. The molecule has 0 saturated carbocycles. The Labute approximate surface area is 123 Å². The van der Waals surface area contributed by atoms with Crippen LogP contribution < -0.4 is 26.9 Å². The largest absolute Gasteiger partial charge is 0.222 e. The van der Waals surface area contributed by atoms with Crippen molar-refractivity contribution >= 4 is 34.9 Å². The normalized spacial score (nSPS) is 9.61. The number of rotatable bonds is 0. The molecule has 1 rings (SSSR count). The molecule has 0 bridgehead atoms. The van der Waals surface area contributed by atoms with E-state index in [1.807, 2.05) is 0 Å². The summed E-state index contributed by atoms with van der Waals surface area (Å²) in [4.78, 5) is 8.89. The fourth-order valence-corrected chi connectivity index (χ4v) is 2.09. The van der Waals surface area contributed by atoms with Crippen molar-refractivity contribution < 1.29 is 38.8 Å². The molecule has 6 nitrogen and oxygen atoms in total. The maximum Gasteiger partial charge on any atom is -0.112 e. The van der Waals surface area contributed by atoms with Crippen LogP contribution in [-0.2, 0) is 4.79 Å². The van der Waals surface area contributed by atoms with Crippen LogP contribution in [0.3, 0.4) is 0 Å². The molecule has 98 valence electrons. The van der Waals surface area contributed by atoms with Crippen molar-refractivity contribution in [3.05, 3.63) is 29.3 Å². The van der Waals surface area contributed by atoms with Gasteiger partial charge in [0.25, 0.3) is 0 Å². The summed E-state index contributed by atoms with van der Waals surface area (Å²) in [5.74, 6) is -1.08. The van der Waals surface area contributed by atoms with Crippen LogP contribution in [0.5, 0.6) is 0 Å². The molecular weight excluding hydrogens is 456 g/mol. The maximum atomic E-state index is 8.89. The second-order valence-electron chi connectivity index (χ2n) is 3.16. The third kappa shape index (κ3) is 18.1. The third-order valence-electron chi connectivity index (χ3n) is 1.65. The number of carboxylic acids is 1. The number of carbonyl (C=O) groups is 1. The van der Waals surface area contributed by atoms with Crippen LogP contribution in [0, 0.1) is 24.1 Å². The van der Waals surface area contributed by atoms with E-state index >= 15 is 0 Å². The average molecular weight is 468 g/mol. The van der Waals surface area contributed by atoms with Gasteiger partial charge in [0.1, 0.15) is 0 Å². The molecule has 0 radical (unpaired) electrons. The minimum Gasteiger partial charge on any atom is -0.222 e. The standard InChI is InChI=1S/C8H9.C2H4O2.ClHO4.Tl/c1-7-5-3-4-6-8(7)2;1-2(3)4;2-1(3,4)5;/h3-5H,1-2H3;1H3,(H,3,4);(H,2,3,4,5);/q;;;+2/p-2. The molecule has 0 aliphatic rings. The Morgan fingerprint density at radius 1 is 1.17 bits per heavy atom. The number of aryl methyl sites for hydroxylation is 1. The van der Waals surface area contributed by atoms with Crippen LogP contribution in [0.2, 0.25) is 0 Å². The van der Waals surface area contributed by atoms with Gasteiger partial charge in [-0.05, 0) is 6.92 Å². The summed E-state index contributed by atoms with van der Waals surface area (Å²) in [5, 5.41) is 8.89. The van der Waals surface area contributed by atoms with Crippen molar-refractivity contribution in [3.8, 4) is 0 Å². The summed E-state index contributed by atoms with van der Waals surface area (Å²) >= 11 is 0.981. The SMILES string of the molecule is CC(=O)[O-].Cc1ccc[c]([Tl+2])c1C.[O-][Cl+3]([O-])([O-])[O-]. The van der Waals surface area contributed by atoms with E-state index in [0.717, 1.165) is 32.7 Å². The Bertz CT molecular complexity index is 347. The number of hydrogen-bond donors (Lipinski definition) is 0. The van der Waals surface area contributed by atoms with Gasteiger partial charge in [0.2, 0.25) is 0 Å². The number of carboxylic acid groups (broad SMARTS) is 1. The quantitative estimate of drug-likeness (QED) is 0.351. The van der Waals surface area contributed by atoms with Gasteiger partial charge in [-0.1, -0.05) is 0 Å². The van der Waals surface area contributed by atoms with E-state index in [2.05, 4.69) is 32.0 Å². The van der Waals surface area contributed by atoms with Gasteiger partial charge >= 0.3 is 72.1 Å². The molecule has 18 heavy (non-hydrogen) atoms. The van der Waals surface area contributed by atoms with E-state index in [9.17, 15) is 0 Å². The summed E-state index contributed by atoms with van der Waals surface area (Å²) in [6.45, 7) is 5.34. The second-order valence-corrected chi connectivity index (χ2v) is 6.33. The number of aliphatic carboxylic acids is 1. The Balaban J connectivity index is 0. The average Bonchev–Trinajstić information content (AvgIpc) is 2.10. The van der Waals surface area contributed by atoms with Crippen LogP contribution in [0.25, 0.3) is 0 Å². The van der Waals surface area contributed by atoms with Gasteiger partial charge in [0.15, 0.2) is 0 Å². The van der Waals surface area contributed by atoms with Crippen molar-refractivity contribution in [1.82, 2.24) is 0 Å². The molecule has 0 aromatic heterocycles. The Morgan fingerprint density at radius 2 is 1.50 bits per heavy atom. The maximum absolute atomic E-state index is 8.89. The molecule has 0 unspecified atom stereocenters. The fourth-order valence-electron chi connectivity index (χ4n) is 0.774. The zero-order valence-electron chi connectivity index (χ0n) is 10.1. The summed E-state index contributed by atoms with van der Waals surface area (Å²) in [6.07, 6.45) is 0. The first kappa shape index (κ1) is 20.1. The van der Waals surface area contributed by atoms with E-state index in [-0.39, 0.29) is 0 Å². The Hall–Kier alpha value is -0.258. The summed E-state index contributed by atoms with van der Waals surface area (Å²) in [7, 11) is -4.94. The fraction of sp³-hybridized carbons (Fsp3) is 0.300. The Morgan fingerprint density at radius 3 is 1.72 bits per heavy atom. The van der Waals surface area contributed by atoms with Crippen molar-refractivity contribution in [1.29, 1.82) is 0 Å². The van der Waals surface area contributed by atoms with Crippen molar-refractivity contribution in [2.45, 2.75) is 20.8 Å². The van der Waals surface area contributed by atoms with Gasteiger partial charge in [0.05, 0.1) is 0 Å². The number of halogens is 1. The first-order valence-electron chi connectivity index (χ1n) is 4.56. The first-order chi connectivity index (χ1) is 7.95. The van der Waals surface area contributed by atoms with E-state index in [0.29, 0.717) is 0 Å². The number of hydrogen-bond acceptors (Lipinski definition) is 6. The van der Waals surface area contributed by atoms with Gasteiger partial charge in [-0.2, -0.15) is 0 Å². The second kappa shape index (κ2) is 9.64. The van der Waals surface area contributed by atoms with Gasteiger partial charge < -0.3 is 9.90 Å². The third-order valence-corrected chi connectivity index (χ3v) is 4.08. The molecule has 1 aromatic rings. The van der Waals surface area contributed by atoms with Crippen molar-refractivity contribution in [2.75, 3.05) is 0 Å². The molecule has 1 aromatic carbocycles. The van der Waals surface area contributed by atoms with Gasteiger partial charge in [-0.3, -0.25) is 0 Å². The molecular formula is C10H12ClO6Tl. The van der Waals surface area contributed by atoms with E-state index in [1.54, 1.807) is 3.12 Å². The van der Waals surface area contributed by atoms with Crippen LogP contribution in [0.1, 0.15) is 18.1 Å². The Kier molecular flexibility index (Phi) is 10.8. The topological polar surface area (TPSA) is 132 Å².